The van der Waals surface area contributed by atoms with Gasteiger partial charge in [0.2, 0.25) is 0 Å². The first kappa shape index (κ1) is 18.6. The summed E-state index contributed by atoms with van der Waals surface area (Å²) in [5, 5.41) is 11.0. The number of rotatable bonds is 4. The molecule has 0 atom stereocenters. The van der Waals surface area contributed by atoms with E-state index in [1.54, 1.807) is 24.5 Å². The summed E-state index contributed by atoms with van der Waals surface area (Å²) in [5.41, 5.74) is -0.323. The molecule has 2 amide bonds. The van der Waals surface area contributed by atoms with Gasteiger partial charge in [0.1, 0.15) is 5.82 Å². The Hall–Kier alpha value is -3.14. The second-order valence-electron chi connectivity index (χ2n) is 5.34. The van der Waals surface area contributed by atoms with Gasteiger partial charge in [-0.2, -0.15) is 18.3 Å². The molecule has 2 aromatic heterocycles. The Labute approximate surface area is 156 Å². The molecule has 0 aliphatic rings. The maximum absolute atomic E-state index is 12.8. The lowest BCUT2D eigenvalue weighted by molar-refractivity contribution is -0.137. The number of pyridine rings is 1. The molecule has 1 aromatic carbocycles. The molecule has 0 bridgehead atoms. The van der Waals surface area contributed by atoms with E-state index in [1.165, 1.54) is 6.07 Å². The van der Waals surface area contributed by atoms with Gasteiger partial charge in [-0.15, -0.1) is 0 Å². The topological polar surface area (TPSA) is 95.6 Å². The van der Waals surface area contributed by atoms with Crippen molar-refractivity contribution in [2.75, 3.05) is 5.32 Å². The van der Waals surface area contributed by atoms with E-state index in [-0.39, 0.29) is 12.2 Å². The summed E-state index contributed by atoms with van der Waals surface area (Å²) in [6, 6.07) is 5.85. The molecule has 0 fully saturated rings. The molecule has 0 aliphatic heterocycles. The van der Waals surface area contributed by atoms with E-state index in [2.05, 4.69) is 30.8 Å². The van der Waals surface area contributed by atoms with E-state index in [0.29, 0.717) is 11.6 Å². The number of hydrogen-bond acceptors (Lipinski definition) is 4. The minimum atomic E-state index is -4.62. The van der Waals surface area contributed by atoms with Crippen LogP contribution in [0, 0.1) is 0 Å². The molecule has 0 saturated carbocycles. The number of carbonyl (C=O) groups is 1. The summed E-state index contributed by atoms with van der Waals surface area (Å²) in [7, 11) is 0. The van der Waals surface area contributed by atoms with E-state index in [1.807, 2.05) is 0 Å². The number of halogens is 4. The van der Waals surface area contributed by atoms with Gasteiger partial charge >= 0.3 is 12.2 Å². The number of benzene rings is 1. The Morgan fingerprint density at radius 3 is 2.63 bits per heavy atom. The number of amides is 2. The van der Waals surface area contributed by atoms with Gasteiger partial charge in [-0.1, -0.05) is 11.6 Å². The molecule has 0 aliphatic carbocycles. The molecular weight excluding hydrogens is 385 g/mol. The van der Waals surface area contributed by atoms with Crippen LogP contribution in [-0.4, -0.2) is 26.2 Å². The van der Waals surface area contributed by atoms with Crippen LogP contribution in [0.25, 0.3) is 11.4 Å². The zero-order chi connectivity index (χ0) is 19.4. The third-order valence-corrected chi connectivity index (χ3v) is 3.75. The molecule has 11 heteroatoms. The van der Waals surface area contributed by atoms with Crippen molar-refractivity contribution in [1.29, 1.82) is 0 Å². The molecule has 140 valence electrons. The number of hydrogen-bond donors (Lipinski definition) is 3. The minimum Gasteiger partial charge on any atom is -0.331 e. The van der Waals surface area contributed by atoms with Crippen LogP contribution in [0.3, 0.4) is 0 Å². The van der Waals surface area contributed by atoms with Crippen LogP contribution in [0.15, 0.2) is 42.7 Å². The van der Waals surface area contributed by atoms with Gasteiger partial charge in [0.25, 0.3) is 0 Å². The number of nitrogens with zero attached hydrogens (tertiary/aromatic N) is 3. The van der Waals surface area contributed by atoms with Crippen molar-refractivity contribution in [3.8, 4) is 11.4 Å². The van der Waals surface area contributed by atoms with E-state index < -0.39 is 22.8 Å². The van der Waals surface area contributed by atoms with E-state index in [4.69, 9.17) is 11.6 Å². The average Bonchev–Trinajstić information content (AvgIpc) is 3.10. The number of anilines is 1. The third-order valence-electron chi connectivity index (χ3n) is 3.42. The summed E-state index contributed by atoms with van der Waals surface area (Å²) in [6.07, 6.45) is -1.43. The Bertz CT molecular complexity index is 945. The highest BCUT2D eigenvalue weighted by Gasteiger charge is 2.33. The maximum Gasteiger partial charge on any atom is 0.417 e. The highest BCUT2D eigenvalue weighted by atomic mass is 35.5. The van der Waals surface area contributed by atoms with Crippen molar-refractivity contribution in [2.45, 2.75) is 12.7 Å². The molecule has 0 unspecified atom stereocenters. The molecule has 7 nitrogen and oxygen atoms in total. The van der Waals surface area contributed by atoms with Gasteiger partial charge in [0.15, 0.2) is 5.82 Å². The maximum atomic E-state index is 12.8. The van der Waals surface area contributed by atoms with Crippen LogP contribution in [0.2, 0.25) is 5.02 Å². The molecule has 3 aromatic rings. The summed E-state index contributed by atoms with van der Waals surface area (Å²) in [5.74, 6) is 0.811. The largest absolute Gasteiger partial charge is 0.417 e. The minimum absolute atomic E-state index is 0.00361. The smallest absolute Gasteiger partial charge is 0.331 e. The number of urea groups is 1. The molecule has 3 N–H and O–H groups in total. The lowest BCUT2D eigenvalue weighted by atomic mass is 10.2. The second kappa shape index (κ2) is 7.62. The zero-order valence-corrected chi connectivity index (χ0v) is 14.3. The van der Waals surface area contributed by atoms with Crippen molar-refractivity contribution in [2.24, 2.45) is 0 Å². The van der Waals surface area contributed by atoms with Crippen molar-refractivity contribution < 1.29 is 18.0 Å². The van der Waals surface area contributed by atoms with Crippen LogP contribution in [0.4, 0.5) is 23.7 Å². The van der Waals surface area contributed by atoms with Crippen LogP contribution in [-0.2, 0) is 12.7 Å². The first-order chi connectivity index (χ1) is 12.8. The van der Waals surface area contributed by atoms with Crippen molar-refractivity contribution in [3.05, 3.63) is 59.1 Å². The number of aromatic amines is 1. The fraction of sp³-hybridized carbons (Fsp3) is 0.125. The lowest BCUT2D eigenvalue weighted by Gasteiger charge is -2.12. The first-order valence-corrected chi connectivity index (χ1v) is 7.94. The lowest BCUT2D eigenvalue weighted by Crippen LogP contribution is -2.28. The fourth-order valence-corrected chi connectivity index (χ4v) is 2.39. The molecule has 0 saturated heterocycles. The van der Waals surface area contributed by atoms with Crippen molar-refractivity contribution in [1.82, 2.24) is 25.5 Å². The highest BCUT2D eigenvalue weighted by molar-refractivity contribution is 6.31. The second-order valence-corrected chi connectivity index (χ2v) is 5.75. The normalized spacial score (nSPS) is 11.3. The number of alkyl halides is 3. The summed E-state index contributed by atoms with van der Waals surface area (Å²) >= 11 is 5.54. The predicted molar refractivity (Wildman–Crippen MR) is 91.9 cm³/mol. The number of aromatic nitrogens is 4. The summed E-state index contributed by atoms with van der Waals surface area (Å²) < 4.78 is 38.5. The zero-order valence-electron chi connectivity index (χ0n) is 13.5. The van der Waals surface area contributed by atoms with E-state index >= 15 is 0 Å². The summed E-state index contributed by atoms with van der Waals surface area (Å²) in [6.45, 7) is 0.00361. The summed E-state index contributed by atoms with van der Waals surface area (Å²) in [4.78, 5) is 20.0. The van der Waals surface area contributed by atoms with Crippen LogP contribution in [0.5, 0.6) is 0 Å². The van der Waals surface area contributed by atoms with Crippen molar-refractivity contribution >= 4 is 23.3 Å². The molecular formula is C16H12ClF3N6O. The number of carbonyl (C=O) groups excluding carboxylic acids is 1. The SMILES string of the molecule is O=C(NCc1nc(-c2ccncc2)n[nH]1)Nc1ccc(Cl)c(C(F)(F)F)c1. The first-order valence-electron chi connectivity index (χ1n) is 7.56. The number of H-pyrrole nitrogens is 1. The highest BCUT2D eigenvalue weighted by Crippen LogP contribution is 2.36. The Morgan fingerprint density at radius 1 is 1.19 bits per heavy atom. The van der Waals surface area contributed by atoms with Gasteiger partial charge in [0, 0.05) is 23.6 Å². The Kier molecular flexibility index (Phi) is 5.26. The molecule has 27 heavy (non-hydrogen) atoms. The quantitative estimate of drug-likeness (QED) is 0.624. The Morgan fingerprint density at radius 2 is 1.93 bits per heavy atom. The molecule has 2 heterocycles. The van der Waals surface area contributed by atoms with Crippen molar-refractivity contribution in [3.63, 3.8) is 0 Å². The van der Waals surface area contributed by atoms with Gasteiger partial charge in [-0.05, 0) is 30.3 Å². The number of nitrogens with one attached hydrogen (secondary N) is 3. The Balaban J connectivity index is 1.60. The fourth-order valence-electron chi connectivity index (χ4n) is 2.16. The molecule has 0 spiro atoms. The van der Waals surface area contributed by atoms with Crippen LogP contribution in [0.1, 0.15) is 11.4 Å². The van der Waals surface area contributed by atoms with Gasteiger partial charge in [0.05, 0.1) is 17.1 Å². The molecule has 3 rings (SSSR count). The van der Waals surface area contributed by atoms with Gasteiger partial charge in [-0.3, -0.25) is 10.1 Å². The monoisotopic (exact) mass is 396 g/mol. The molecule has 0 radical (unpaired) electrons. The van der Waals surface area contributed by atoms with E-state index in [9.17, 15) is 18.0 Å². The predicted octanol–water partition coefficient (Wildman–Crippen LogP) is 3.86. The van der Waals surface area contributed by atoms with Crippen LogP contribution >= 0.6 is 11.6 Å². The third kappa shape index (κ3) is 4.73. The standard InChI is InChI=1S/C16H12ClF3N6O/c17-12-2-1-10(7-11(12)16(18,19)20)23-15(27)22-8-13-24-14(26-25-13)9-3-5-21-6-4-9/h1-7H,8H2,(H2,22,23,27)(H,24,25,26). The van der Waals surface area contributed by atoms with Crippen LogP contribution < -0.4 is 10.6 Å². The van der Waals surface area contributed by atoms with Gasteiger partial charge < -0.3 is 10.6 Å². The average molecular weight is 397 g/mol. The van der Waals surface area contributed by atoms with Gasteiger partial charge in [-0.25, -0.2) is 9.78 Å². The van der Waals surface area contributed by atoms with E-state index in [0.717, 1.165) is 17.7 Å².